The van der Waals surface area contributed by atoms with E-state index in [1.54, 1.807) is 0 Å². The van der Waals surface area contributed by atoms with Gasteiger partial charge in [0.05, 0.1) is 25.9 Å². The average Bonchev–Trinajstić information content (AvgIpc) is 3.34. The highest BCUT2D eigenvalue weighted by Gasteiger charge is 2.37. The van der Waals surface area contributed by atoms with Crippen molar-refractivity contribution >= 4 is 11.8 Å². The van der Waals surface area contributed by atoms with Crippen LogP contribution in [-0.4, -0.2) is 42.2 Å². The smallest absolute Gasteiger partial charge is 0.130 e. The normalized spacial score (nSPS) is 19.8. The number of rotatable bonds is 19. The van der Waals surface area contributed by atoms with Gasteiger partial charge in [0.2, 0.25) is 0 Å². The molecule has 3 nitrogen and oxygen atoms in total. The number of thioether (sulfide) groups is 1. The molecule has 0 bridgehead atoms. The third-order valence-electron chi connectivity index (χ3n) is 4.62. The fraction of sp³-hybridized carbons (Fsp3) is 1.00. The zero-order valence-electron chi connectivity index (χ0n) is 15.8. The summed E-state index contributed by atoms with van der Waals surface area (Å²) < 4.78 is 10.9. The van der Waals surface area contributed by atoms with Crippen LogP contribution in [0.5, 0.6) is 0 Å². The average molecular weight is 361 g/mol. The molecule has 4 heteroatoms. The summed E-state index contributed by atoms with van der Waals surface area (Å²) >= 11 is 1.86. The second-order valence-corrected chi connectivity index (χ2v) is 8.13. The summed E-state index contributed by atoms with van der Waals surface area (Å²) in [5.74, 6) is 0.972. The zero-order valence-corrected chi connectivity index (χ0v) is 16.7. The van der Waals surface area contributed by atoms with Gasteiger partial charge in [-0.1, -0.05) is 84.0 Å². The Morgan fingerprint density at radius 2 is 1.42 bits per heavy atom. The Bertz CT molecular complexity index is 263. The Morgan fingerprint density at radius 3 is 2.00 bits per heavy atom. The Balaban J connectivity index is 1.70. The van der Waals surface area contributed by atoms with Gasteiger partial charge in [-0.05, 0) is 6.42 Å². The maximum absolute atomic E-state index is 8.61. The minimum Gasteiger partial charge on any atom is -0.394 e. The number of hydrogen-bond donors (Lipinski definition) is 1. The number of aliphatic hydroxyl groups is 1. The van der Waals surface area contributed by atoms with E-state index in [1.807, 2.05) is 11.8 Å². The van der Waals surface area contributed by atoms with Gasteiger partial charge in [-0.2, -0.15) is 0 Å². The Morgan fingerprint density at radius 1 is 0.833 bits per heavy atom. The molecule has 1 saturated heterocycles. The molecule has 0 aromatic heterocycles. The van der Waals surface area contributed by atoms with E-state index in [1.165, 1.54) is 83.5 Å². The van der Waals surface area contributed by atoms with Crippen LogP contribution in [0.4, 0.5) is 0 Å². The van der Waals surface area contributed by atoms with Gasteiger partial charge < -0.3 is 14.6 Å². The molecule has 2 atom stereocenters. The monoisotopic (exact) mass is 360 g/mol. The zero-order chi connectivity index (χ0) is 17.3. The minimum absolute atomic E-state index is 0.117. The van der Waals surface area contributed by atoms with Crippen LogP contribution in [-0.2, 0) is 9.47 Å². The van der Waals surface area contributed by atoms with Crippen LogP contribution in [0.25, 0.3) is 0 Å². The Kier molecular flexibility index (Phi) is 15.5. The van der Waals surface area contributed by atoms with Gasteiger partial charge in [0.15, 0.2) is 0 Å². The SMILES string of the molecule is CCCCCCCCCCCCCCC1OC1SCCOCCO. The highest BCUT2D eigenvalue weighted by Crippen LogP contribution is 2.36. The van der Waals surface area contributed by atoms with Crippen molar-refractivity contribution in [1.82, 2.24) is 0 Å². The molecule has 1 rings (SSSR count). The number of aliphatic hydroxyl groups excluding tert-OH is 1. The van der Waals surface area contributed by atoms with Crippen LogP contribution < -0.4 is 0 Å². The minimum atomic E-state index is 0.117. The largest absolute Gasteiger partial charge is 0.394 e. The van der Waals surface area contributed by atoms with Crippen molar-refractivity contribution in [2.75, 3.05) is 25.6 Å². The summed E-state index contributed by atoms with van der Waals surface area (Å²) in [5, 5.41) is 8.61. The van der Waals surface area contributed by atoms with Crippen LogP contribution in [0.3, 0.4) is 0 Å². The quantitative estimate of drug-likeness (QED) is 0.242. The van der Waals surface area contributed by atoms with Gasteiger partial charge in [0.25, 0.3) is 0 Å². The molecule has 1 N–H and O–H groups in total. The molecular weight excluding hydrogens is 320 g/mol. The van der Waals surface area contributed by atoms with Crippen LogP contribution in [0, 0.1) is 0 Å². The first-order valence-corrected chi connectivity index (χ1v) is 11.4. The Labute approximate surface area is 154 Å². The number of unbranched alkanes of at least 4 members (excludes halogenated alkanes) is 11. The van der Waals surface area contributed by atoms with E-state index in [0.29, 0.717) is 18.1 Å². The first-order chi connectivity index (χ1) is 11.9. The van der Waals surface area contributed by atoms with Crippen LogP contribution in [0.2, 0.25) is 0 Å². The summed E-state index contributed by atoms with van der Waals surface area (Å²) in [6, 6.07) is 0. The van der Waals surface area contributed by atoms with Gasteiger partial charge >= 0.3 is 0 Å². The van der Waals surface area contributed by atoms with Crippen molar-refractivity contribution in [2.24, 2.45) is 0 Å². The molecule has 0 saturated carbocycles. The third kappa shape index (κ3) is 13.5. The van der Waals surface area contributed by atoms with Crippen LogP contribution in [0.1, 0.15) is 90.4 Å². The predicted octanol–water partition coefficient (Wildman–Crippen LogP) is 5.54. The lowest BCUT2D eigenvalue weighted by Crippen LogP contribution is -2.03. The van der Waals surface area contributed by atoms with Crippen molar-refractivity contribution in [2.45, 2.75) is 102 Å². The van der Waals surface area contributed by atoms with Gasteiger partial charge in [-0.3, -0.25) is 0 Å². The van der Waals surface area contributed by atoms with Crippen molar-refractivity contribution < 1.29 is 14.6 Å². The lowest BCUT2D eigenvalue weighted by molar-refractivity contribution is 0.103. The van der Waals surface area contributed by atoms with Crippen molar-refractivity contribution in [3.63, 3.8) is 0 Å². The molecule has 0 aliphatic carbocycles. The molecule has 0 spiro atoms. The molecular formula is C20H40O3S. The molecule has 0 aromatic rings. The van der Waals surface area contributed by atoms with Crippen LogP contribution in [0.15, 0.2) is 0 Å². The molecule has 0 amide bonds. The summed E-state index contributed by atoms with van der Waals surface area (Å²) in [5.41, 5.74) is 0.412. The maximum atomic E-state index is 8.61. The topological polar surface area (TPSA) is 42.0 Å². The summed E-state index contributed by atoms with van der Waals surface area (Å²) in [7, 11) is 0. The van der Waals surface area contributed by atoms with E-state index >= 15 is 0 Å². The first-order valence-electron chi connectivity index (χ1n) is 10.3. The van der Waals surface area contributed by atoms with E-state index in [0.717, 1.165) is 12.4 Å². The van der Waals surface area contributed by atoms with Crippen LogP contribution >= 0.6 is 11.8 Å². The number of epoxide rings is 1. The van der Waals surface area contributed by atoms with Gasteiger partial charge in [0, 0.05) is 5.75 Å². The molecule has 1 heterocycles. The lowest BCUT2D eigenvalue weighted by Gasteiger charge is -2.02. The van der Waals surface area contributed by atoms with Crippen molar-refractivity contribution in [1.29, 1.82) is 0 Å². The first kappa shape index (κ1) is 22.3. The summed E-state index contributed by atoms with van der Waals surface area (Å²) in [6.07, 6.45) is 18.6. The van der Waals surface area contributed by atoms with Gasteiger partial charge in [-0.15, -0.1) is 11.8 Å². The van der Waals surface area contributed by atoms with Crippen molar-refractivity contribution in [3.8, 4) is 0 Å². The second-order valence-electron chi connectivity index (χ2n) is 6.93. The molecule has 0 radical (unpaired) electrons. The molecule has 1 aliphatic heterocycles. The van der Waals surface area contributed by atoms with Crippen molar-refractivity contribution in [3.05, 3.63) is 0 Å². The highest BCUT2D eigenvalue weighted by atomic mass is 32.2. The van der Waals surface area contributed by atoms with E-state index < -0.39 is 0 Å². The second kappa shape index (κ2) is 16.7. The Hall–Kier alpha value is 0.230. The fourth-order valence-corrected chi connectivity index (χ4v) is 4.07. The van der Waals surface area contributed by atoms with E-state index in [-0.39, 0.29) is 6.61 Å². The molecule has 1 fully saturated rings. The molecule has 0 aromatic carbocycles. The number of ether oxygens (including phenoxy) is 2. The summed E-state index contributed by atoms with van der Waals surface area (Å²) in [6.45, 7) is 3.57. The lowest BCUT2D eigenvalue weighted by atomic mass is 10.0. The summed E-state index contributed by atoms with van der Waals surface area (Å²) in [4.78, 5) is 0. The highest BCUT2D eigenvalue weighted by molar-refractivity contribution is 8.00. The fourth-order valence-electron chi connectivity index (χ4n) is 3.05. The van der Waals surface area contributed by atoms with E-state index in [4.69, 9.17) is 14.6 Å². The molecule has 24 heavy (non-hydrogen) atoms. The van der Waals surface area contributed by atoms with Gasteiger partial charge in [0.1, 0.15) is 5.44 Å². The third-order valence-corrected chi connectivity index (χ3v) is 5.77. The van der Waals surface area contributed by atoms with E-state index in [9.17, 15) is 0 Å². The molecule has 144 valence electrons. The van der Waals surface area contributed by atoms with E-state index in [2.05, 4.69) is 6.92 Å². The number of hydrogen-bond acceptors (Lipinski definition) is 4. The molecule has 1 aliphatic rings. The molecule has 2 unspecified atom stereocenters. The maximum Gasteiger partial charge on any atom is 0.130 e. The van der Waals surface area contributed by atoms with Gasteiger partial charge in [-0.25, -0.2) is 0 Å². The predicted molar refractivity (Wildman–Crippen MR) is 105 cm³/mol. The standard InChI is InChI=1S/C20H40O3S/c1-2-3-4-5-6-7-8-9-10-11-12-13-14-19-20(23-19)24-18-17-22-16-15-21/h19-21H,2-18H2,1H3.